The molecule has 3 aromatic rings. The summed E-state index contributed by atoms with van der Waals surface area (Å²) in [6.45, 7) is 0. The van der Waals surface area contributed by atoms with Gasteiger partial charge in [0.05, 0.1) is 17.3 Å². The number of aromatic nitrogens is 3. The van der Waals surface area contributed by atoms with Crippen molar-refractivity contribution in [3.63, 3.8) is 0 Å². The van der Waals surface area contributed by atoms with E-state index in [1.165, 1.54) is 12.1 Å². The molecule has 0 aliphatic rings. The molecule has 0 atom stereocenters. The molecular formula is C18H13FN4. The molecule has 0 saturated heterocycles. The third-order valence-corrected chi connectivity index (χ3v) is 3.30. The number of halogens is 1. The Hall–Kier alpha value is -3.26. The largest absolute Gasteiger partial charge is 0.220 e. The number of hydrogen-bond donors (Lipinski definition) is 0. The predicted octanol–water partition coefficient (Wildman–Crippen LogP) is 3.53. The van der Waals surface area contributed by atoms with E-state index in [9.17, 15) is 4.39 Å². The molecular weight excluding hydrogens is 291 g/mol. The maximum atomic E-state index is 12.8. The second-order valence-corrected chi connectivity index (χ2v) is 4.94. The number of rotatable bonds is 4. The summed E-state index contributed by atoms with van der Waals surface area (Å²) in [6, 6.07) is 15.6. The second kappa shape index (κ2) is 6.67. The molecule has 23 heavy (non-hydrogen) atoms. The summed E-state index contributed by atoms with van der Waals surface area (Å²) in [7, 11) is 0. The van der Waals surface area contributed by atoms with Crippen LogP contribution in [-0.2, 0) is 6.42 Å². The molecule has 0 unspecified atom stereocenters. The van der Waals surface area contributed by atoms with Gasteiger partial charge < -0.3 is 0 Å². The summed E-state index contributed by atoms with van der Waals surface area (Å²) >= 11 is 0. The Labute approximate surface area is 133 Å². The Bertz CT molecular complexity index is 855. The first-order valence-corrected chi connectivity index (χ1v) is 7.08. The lowest BCUT2D eigenvalue weighted by molar-refractivity contribution is 0.627. The van der Waals surface area contributed by atoms with Gasteiger partial charge in [0.15, 0.2) is 5.82 Å². The molecule has 1 aromatic heterocycles. The lowest BCUT2D eigenvalue weighted by Crippen LogP contribution is -1.94. The molecule has 112 valence electrons. The summed E-state index contributed by atoms with van der Waals surface area (Å²) in [5, 5.41) is 13.2. The van der Waals surface area contributed by atoms with Gasteiger partial charge in [-0.25, -0.2) is 14.1 Å². The average Bonchev–Trinajstić information content (AvgIpc) is 3.06. The number of nitrogens with zero attached hydrogens (tertiary/aromatic N) is 4. The van der Waals surface area contributed by atoms with Crippen molar-refractivity contribution in [1.29, 1.82) is 5.26 Å². The first kappa shape index (κ1) is 14.7. The molecule has 0 bridgehead atoms. The molecule has 0 spiro atoms. The van der Waals surface area contributed by atoms with Crippen molar-refractivity contribution in [2.24, 2.45) is 0 Å². The van der Waals surface area contributed by atoms with E-state index in [4.69, 9.17) is 5.26 Å². The normalized spacial score (nSPS) is 10.8. The minimum atomic E-state index is -0.236. The number of hydrogen-bond acceptors (Lipinski definition) is 3. The predicted molar refractivity (Wildman–Crippen MR) is 85.2 cm³/mol. The first-order valence-electron chi connectivity index (χ1n) is 7.08. The van der Waals surface area contributed by atoms with Gasteiger partial charge in [0.1, 0.15) is 12.1 Å². The average molecular weight is 304 g/mol. The molecule has 0 amide bonds. The summed E-state index contributed by atoms with van der Waals surface area (Å²) in [5.74, 6) is 0.358. The zero-order valence-corrected chi connectivity index (χ0v) is 12.2. The van der Waals surface area contributed by atoms with Crippen LogP contribution in [0.15, 0.2) is 60.9 Å². The molecule has 0 aliphatic heterocycles. The smallest absolute Gasteiger partial charge is 0.173 e. The standard InChI is InChI=1S/C18H13FN4/c19-16-8-4-14(5-9-16)2-1-3-18-21-13-23(22-18)17-10-6-15(12-20)7-11-17/h1,3-11,13H,2H2. The molecule has 3 rings (SSSR count). The second-order valence-electron chi connectivity index (χ2n) is 4.94. The summed E-state index contributed by atoms with van der Waals surface area (Å²) < 4.78 is 14.5. The topological polar surface area (TPSA) is 54.5 Å². The van der Waals surface area contributed by atoms with E-state index in [1.54, 1.807) is 35.3 Å². The molecule has 1 heterocycles. The number of benzene rings is 2. The minimum absolute atomic E-state index is 0.236. The molecule has 4 nitrogen and oxygen atoms in total. The first-order chi connectivity index (χ1) is 11.2. The van der Waals surface area contributed by atoms with Gasteiger partial charge in [-0.1, -0.05) is 18.2 Å². The van der Waals surface area contributed by atoms with Gasteiger partial charge in [-0.15, -0.1) is 5.10 Å². The molecule has 5 heteroatoms. The van der Waals surface area contributed by atoms with Crippen LogP contribution in [0.5, 0.6) is 0 Å². The van der Waals surface area contributed by atoms with Crippen LogP contribution in [0.4, 0.5) is 4.39 Å². The van der Waals surface area contributed by atoms with Crippen LogP contribution >= 0.6 is 0 Å². The van der Waals surface area contributed by atoms with Crippen molar-refractivity contribution in [3.8, 4) is 11.8 Å². The lowest BCUT2D eigenvalue weighted by Gasteiger charge is -1.98. The third-order valence-electron chi connectivity index (χ3n) is 3.30. The van der Waals surface area contributed by atoms with Crippen LogP contribution < -0.4 is 0 Å². The van der Waals surface area contributed by atoms with Crippen LogP contribution in [0.1, 0.15) is 17.0 Å². The quantitative estimate of drug-likeness (QED) is 0.741. The van der Waals surface area contributed by atoms with E-state index in [0.717, 1.165) is 11.3 Å². The Balaban J connectivity index is 1.67. The molecule has 0 saturated carbocycles. The van der Waals surface area contributed by atoms with E-state index in [-0.39, 0.29) is 5.82 Å². The summed E-state index contributed by atoms with van der Waals surface area (Å²) in [6.07, 6.45) is 6.07. The van der Waals surface area contributed by atoms with Crippen molar-refractivity contribution in [2.75, 3.05) is 0 Å². The summed E-state index contributed by atoms with van der Waals surface area (Å²) in [4.78, 5) is 4.22. The zero-order chi connectivity index (χ0) is 16.1. The highest BCUT2D eigenvalue weighted by molar-refractivity contribution is 5.42. The van der Waals surface area contributed by atoms with Crippen LogP contribution in [-0.4, -0.2) is 14.8 Å². The van der Waals surface area contributed by atoms with Crippen molar-refractivity contribution in [1.82, 2.24) is 14.8 Å². The van der Waals surface area contributed by atoms with Gasteiger partial charge in [0, 0.05) is 0 Å². The number of allylic oxidation sites excluding steroid dienone is 1. The maximum Gasteiger partial charge on any atom is 0.173 e. The van der Waals surface area contributed by atoms with Gasteiger partial charge >= 0.3 is 0 Å². The maximum absolute atomic E-state index is 12.8. The number of nitriles is 1. The molecule has 0 radical (unpaired) electrons. The zero-order valence-electron chi connectivity index (χ0n) is 12.2. The minimum Gasteiger partial charge on any atom is -0.220 e. The Morgan fingerprint density at radius 2 is 1.83 bits per heavy atom. The van der Waals surface area contributed by atoms with Crippen LogP contribution in [0.25, 0.3) is 11.8 Å². The van der Waals surface area contributed by atoms with E-state index in [1.807, 2.05) is 24.3 Å². The summed E-state index contributed by atoms with van der Waals surface area (Å²) in [5.41, 5.74) is 2.47. The lowest BCUT2D eigenvalue weighted by atomic mass is 10.1. The fourth-order valence-corrected chi connectivity index (χ4v) is 2.09. The molecule has 2 aromatic carbocycles. The Morgan fingerprint density at radius 3 is 2.52 bits per heavy atom. The third kappa shape index (κ3) is 3.69. The van der Waals surface area contributed by atoms with Crippen LogP contribution in [0.2, 0.25) is 0 Å². The SMILES string of the molecule is N#Cc1ccc(-n2cnc(C=CCc3ccc(F)cc3)n2)cc1. The highest BCUT2D eigenvalue weighted by Crippen LogP contribution is 2.09. The van der Waals surface area contributed by atoms with Gasteiger partial charge in [-0.3, -0.25) is 0 Å². The fourth-order valence-electron chi connectivity index (χ4n) is 2.09. The highest BCUT2D eigenvalue weighted by atomic mass is 19.1. The van der Waals surface area contributed by atoms with Crippen LogP contribution in [0.3, 0.4) is 0 Å². The van der Waals surface area contributed by atoms with Crippen LogP contribution in [0, 0.1) is 17.1 Å². The van der Waals surface area contributed by atoms with Gasteiger partial charge in [-0.2, -0.15) is 5.26 Å². The Kier molecular flexibility index (Phi) is 4.25. The highest BCUT2D eigenvalue weighted by Gasteiger charge is 2.00. The van der Waals surface area contributed by atoms with Crippen molar-refractivity contribution < 1.29 is 4.39 Å². The van der Waals surface area contributed by atoms with E-state index >= 15 is 0 Å². The van der Waals surface area contributed by atoms with E-state index in [2.05, 4.69) is 16.2 Å². The molecule has 0 fully saturated rings. The van der Waals surface area contributed by atoms with Gasteiger partial charge in [0.2, 0.25) is 0 Å². The van der Waals surface area contributed by atoms with Crippen molar-refractivity contribution >= 4 is 6.08 Å². The molecule has 0 N–H and O–H groups in total. The fraction of sp³-hybridized carbons (Fsp3) is 0.0556. The molecule has 0 aliphatic carbocycles. The van der Waals surface area contributed by atoms with Gasteiger partial charge in [0.25, 0.3) is 0 Å². The van der Waals surface area contributed by atoms with Gasteiger partial charge in [-0.05, 0) is 54.5 Å². The van der Waals surface area contributed by atoms with Crippen molar-refractivity contribution in [2.45, 2.75) is 6.42 Å². The van der Waals surface area contributed by atoms with E-state index < -0.39 is 0 Å². The Morgan fingerprint density at radius 1 is 1.09 bits per heavy atom. The monoisotopic (exact) mass is 304 g/mol. The van der Waals surface area contributed by atoms with E-state index in [0.29, 0.717) is 17.8 Å². The van der Waals surface area contributed by atoms with Crippen molar-refractivity contribution in [3.05, 3.63) is 83.7 Å².